The third kappa shape index (κ3) is 5.19. The Morgan fingerprint density at radius 3 is 2.54 bits per heavy atom. The lowest BCUT2D eigenvalue weighted by atomic mass is 9.89. The van der Waals surface area contributed by atoms with Crippen molar-refractivity contribution in [2.45, 2.75) is 82.5 Å². The van der Waals surface area contributed by atoms with Crippen molar-refractivity contribution >= 4 is 29.4 Å². The van der Waals surface area contributed by atoms with E-state index in [9.17, 15) is 19.2 Å². The Kier molecular flexibility index (Phi) is 6.77. The van der Waals surface area contributed by atoms with E-state index in [-0.39, 0.29) is 36.7 Å². The summed E-state index contributed by atoms with van der Waals surface area (Å²) < 4.78 is 0. The molecule has 4 aliphatic rings. The van der Waals surface area contributed by atoms with Crippen molar-refractivity contribution in [1.29, 1.82) is 0 Å². The summed E-state index contributed by atoms with van der Waals surface area (Å²) in [5.41, 5.74) is 2.71. The van der Waals surface area contributed by atoms with Gasteiger partial charge in [0, 0.05) is 48.4 Å². The van der Waals surface area contributed by atoms with Crippen LogP contribution in [0.1, 0.15) is 73.7 Å². The second-order valence-electron chi connectivity index (χ2n) is 10.4. The monoisotopic (exact) mass is 482 g/mol. The minimum Gasteiger partial charge on any atom is -0.480 e. The zero-order valence-electron chi connectivity index (χ0n) is 20.0. The highest BCUT2D eigenvalue weighted by atomic mass is 16.4. The number of carbonyl (C=O) groups excluding carboxylic acids is 3. The van der Waals surface area contributed by atoms with Gasteiger partial charge in [0.25, 0.3) is 5.91 Å². The fourth-order valence-electron chi connectivity index (χ4n) is 5.89. The van der Waals surface area contributed by atoms with Crippen LogP contribution in [0.4, 0.5) is 5.69 Å². The molecule has 2 aliphatic heterocycles. The Hall–Kier alpha value is -2.94. The number of carboxylic acids is 1. The topological polar surface area (TPSA) is 119 Å². The molecule has 1 saturated heterocycles. The molecule has 0 spiro atoms. The van der Waals surface area contributed by atoms with Crippen molar-refractivity contribution in [3.05, 3.63) is 29.3 Å². The van der Waals surface area contributed by atoms with E-state index < -0.39 is 12.0 Å². The predicted octanol–water partition coefficient (Wildman–Crippen LogP) is 2.04. The molecule has 1 atom stereocenters. The number of fused-ring (bicyclic) bond motifs is 1. The molecule has 5 rings (SSSR count). The van der Waals surface area contributed by atoms with E-state index in [2.05, 4.69) is 21.6 Å². The molecule has 2 heterocycles. The first kappa shape index (κ1) is 23.8. The molecule has 1 aromatic rings. The van der Waals surface area contributed by atoms with Crippen LogP contribution in [-0.2, 0) is 20.9 Å². The molecule has 0 aromatic heterocycles. The van der Waals surface area contributed by atoms with Crippen LogP contribution in [0.25, 0.3) is 0 Å². The molecular weight excluding hydrogens is 448 g/mol. The second kappa shape index (κ2) is 9.97. The van der Waals surface area contributed by atoms with Crippen LogP contribution in [0.15, 0.2) is 18.2 Å². The van der Waals surface area contributed by atoms with Gasteiger partial charge in [0.1, 0.15) is 6.04 Å². The van der Waals surface area contributed by atoms with E-state index in [1.165, 1.54) is 12.8 Å². The van der Waals surface area contributed by atoms with E-state index in [0.29, 0.717) is 24.6 Å². The van der Waals surface area contributed by atoms with Crippen LogP contribution in [0.5, 0.6) is 0 Å². The lowest BCUT2D eigenvalue weighted by Gasteiger charge is -2.39. The number of nitrogens with zero attached hydrogens (tertiary/aromatic N) is 2. The Labute approximate surface area is 205 Å². The third-order valence-corrected chi connectivity index (χ3v) is 8.02. The van der Waals surface area contributed by atoms with Crippen LogP contribution in [-0.4, -0.2) is 64.9 Å². The number of piperidine rings is 1. The van der Waals surface area contributed by atoms with Gasteiger partial charge in [0.2, 0.25) is 11.8 Å². The van der Waals surface area contributed by atoms with Crippen LogP contribution in [0, 0.1) is 5.92 Å². The number of imide groups is 1. The quantitative estimate of drug-likeness (QED) is 0.461. The first-order chi connectivity index (χ1) is 16.9. The van der Waals surface area contributed by atoms with Crippen molar-refractivity contribution in [2.24, 2.45) is 5.92 Å². The van der Waals surface area contributed by atoms with Gasteiger partial charge in [-0.2, -0.15) is 0 Å². The van der Waals surface area contributed by atoms with E-state index in [1.54, 1.807) is 4.90 Å². The summed E-state index contributed by atoms with van der Waals surface area (Å²) in [5.74, 6) is -0.856. The largest absolute Gasteiger partial charge is 0.480 e. The van der Waals surface area contributed by atoms with E-state index >= 15 is 0 Å². The number of rotatable bonds is 9. The molecular formula is C26H34N4O5. The normalized spacial score (nSPS) is 26.5. The van der Waals surface area contributed by atoms with Gasteiger partial charge >= 0.3 is 5.97 Å². The van der Waals surface area contributed by atoms with Gasteiger partial charge in [-0.05, 0) is 56.6 Å². The Bertz CT molecular complexity index is 1010. The molecule has 1 aromatic carbocycles. The fourth-order valence-corrected chi connectivity index (χ4v) is 5.89. The predicted molar refractivity (Wildman–Crippen MR) is 129 cm³/mol. The maximum atomic E-state index is 13.3. The lowest BCUT2D eigenvalue weighted by Crippen LogP contribution is -2.52. The molecule has 3 N–H and O–H groups in total. The van der Waals surface area contributed by atoms with Gasteiger partial charge in [0.05, 0.1) is 6.54 Å². The number of anilines is 1. The zero-order valence-corrected chi connectivity index (χ0v) is 20.0. The van der Waals surface area contributed by atoms with Crippen LogP contribution in [0.2, 0.25) is 0 Å². The number of hydrogen-bond donors (Lipinski definition) is 3. The van der Waals surface area contributed by atoms with E-state index in [4.69, 9.17) is 5.11 Å². The van der Waals surface area contributed by atoms with E-state index in [0.717, 1.165) is 55.8 Å². The molecule has 2 saturated carbocycles. The number of nitrogens with one attached hydrogen (secondary N) is 2. The van der Waals surface area contributed by atoms with Gasteiger partial charge in [-0.25, -0.2) is 0 Å². The summed E-state index contributed by atoms with van der Waals surface area (Å²) in [6.45, 7) is 1.31. The molecule has 0 radical (unpaired) electrons. The summed E-state index contributed by atoms with van der Waals surface area (Å²) in [6.07, 6.45) is 8.10. The van der Waals surface area contributed by atoms with Crippen LogP contribution in [0.3, 0.4) is 0 Å². The zero-order chi connectivity index (χ0) is 24.5. The second-order valence-corrected chi connectivity index (χ2v) is 10.4. The SMILES string of the molecule is O=C(O)CNC1CCC(N(CCC2CC2)c2cccc3c2CN(C2CCC(=O)NC2=O)C3=O)CC1. The van der Waals surface area contributed by atoms with Crippen molar-refractivity contribution in [1.82, 2.24) is 15.5 Å². The molecule has 188 valence electrons. The number of aliphatic carboxylic acids is 1. The minimum atomic E-state index is -0.830. The Morgan fingerprint density at radius 2 is 1.86 bits per heavy atom. The average molecular weight is 483 g/mol. The Balaban J connectivity index is 1.34. The number of hydrogen-bond acceptors (Lipinski definition) is 6. The van der Waals surface area contributed by atoms with Crippen molar-refractivity contribution in [3.8, 4) is 0 Å². The van der Waals surface area contributed by atoms with Gasteiger partial charge in [0.15, 0.2) is 0 Å². The molecule has 2 aliphatic carbocycles. The molecule has 35 heavy (non-hydrogen) atoms. The van der Waals surface area contributed by atoms with Crippen molar-refractivity contribution in [3.63, 3.8) is 0 Å². The third-order valence-electron chi connectivity index (χ3n) is 8.02. The lowest BCUT2D eigenvalue weighted by molar-refractivity contribution is -0.137. The number of benzene rings is 1. The highest BCUT2D eigenvalue weighted by Gasteiger charge is 2.41. The first-order valence-corrected chi connectivity index (χ1v) is 12.9. The standard InChI is InChI=1S/C26H34N4O5/c31-23-11-10-22(25(34)28-23)30-15-20-19(26(30)35)2-1-3-21(20)29(13-12-16-4-5-16)18-8-6-17(7-9-18)27-14-24(32)33/h1-3,16-18,22,27H,4-15H2,(H,32,33)(H,28,31,34). The fraction of sp³-hybridized carbons (Fsp3) is 0.615. The molecule has 3 fully saturated rings. The molecule has 1 unspecified atom stereocenters. The summed E-state index contributed by atoms with van der Waals surface area (Å²) in [5, 5.41) is 14.5. The number of carboxylic acid groups (broad SMARTS) is 1. The summed E-state index contributed by atoms with van der Waals surface area (Å²) >= 11 is 0. The first-order valence-electron chi connectivity index (χ1n) is 12.9. The van der Waals surface area contributed by atoms with Crippen molar-refractivity contribution < 1.29 is 24.3 Å². The van der Waals surface area contributed by atoms with Gasteiger partial charge in [-0.3, -0.25) is 24.5 Å². The van der Waals surface area contributed by atoms with Crippen LogP contribution < -0.4 is 15.5 Å². The highest BCUT2D eigenvalue weighted by molar-refractivity contribution is 6.06. The summed E-state index contributed by atoms with van der Waals surface area (Å²) in [4.78, 5) is 52.4. The molecule has 9 nitrogen and oxygen atoms in total. The van der Waals surface area contributed by atoms with Crippen molar-refractivity contribution in [2.75, 3.05) is 18.0 Å². The number of amides is 3. The Morgan fingerprint density at radius 1 is 1.09 bits per heavy atom. The summed E-state index contributed by atoms with van der Waals surface area (Å²) in [6, 6.07) is 5.82. The maximum absolute atomic E-state index is 13.3. The minimum absolute atomic E-state index is 0.00872. The van der Waals surface area contributed by atoms with Gasteiger partial charge in [-0.15, -0.1) is 0 Å². The van der Waals surface area contributed by atoms with Gasteiger partial charge < -0.3 is 20.2 Å². The summed E-state index contributed by atoms with van der Waals surface area (Å²) in [7, 11) is 0. The smallest absolute Gasteiger partial charge is 0.317 e. The molecule has 9 heteroatoms. The maximum Gasteiger partial charge on any atom is 0.317 e. The highest BCUT2D eigenvalue weighted by Crippen LogP contribution is 2.39. The van der Waals surface area contributed by atoms with Gasteiger partial charge in [-0.1, -0.05) is 18.9 Å². The molecule has 0 bridgehead atoms. The average Bonchev–Trinajstić information content (AvgIpc) is 3.61. The number of carbonyl (C=O) groups is 4. The van der Waals surface area contributed by atoms with E-state index in [1.807, 2.05) is 12.1 Å². The van der Waals surface area contributed by atoms with Crippen LogP contribution >= 0.6 is 0 Å². The molecule has 3 amide bonds.